The number of anilines is 1. The number of nitrogens with zero attached hydrogens (tertiary/aromatic N) is 2. The molecule has 1 N–H and O–H groups in total. The molecule has 0 radical (unpaired) electrons. The van der Waals surface area contributed by atoms with E-state index in [0.717, 1.165) is 4.31 Å². The summed E-state index contributed by atoms with van der Waals surface area (Å²) in [7, 11) is -4.26. The van der Waals surface area contributed by atoms with Crippen molar-refractivity contribution in [1.82, 2.24) is 10.2 Å². The molecule has 0 aliphatic rings. The van der Waals surface area contributed by atoms with E-state index in [0.29, 0.717) is 10.6 Å². The Hall–Kier alpha value is -2.78. The van der Waals surface area contributed by atoms with E-state index in [4.69, 9.17) is 34.8 Å². The maximum absolute atomic E-state index is 13.9. The molecular weight excluding hydrogens is 581 g/mol. The van der Waals surface area contributed by atoms with Crippen molar-refractivity contribution in [2.24, 2.45) is 0 Å². The fraction of sp³-hybridized carbons (Fsp3) is 0.286. The summed E-state index contributed by atoms with van der Waals surface area (Å²) in [5.74, 6) is -1.02. The van der Waals surface area contributed by atoms with E-state index in [1.165, 1.54) is 29.2 Å². The number of nitrogens with one attached hydrogen (secondary N) is 1. The van der Waals surface area contributed by atoms with E-state index < -0.39 is 40.0 Å². The van der Waals surface area contributed by atoms with Gasteiger partial charge in [0.1, 0.15) is 12.6 Å². The molecule has 3 aromatic carbocycles. The number of halogens is 3. The number of hydrogen-bond acceptors (Lipinski definition) is 4. The van der Waals surface area contributed by atoms with Crippen LogP contribution in [0.1, 0.15) is 33.3 Å². The van der Waals surface area contributed by atoms with Crippen LogP contribution < -0.4 is 9.62 Å². The van der Waals surface area contributed by atoms with Crippen LogP contribution in [0.2, 0.25) is 15.1 Å². The second kappa shape index (κ2) is 12.6. The van der Waals surface area contributed by atoms with Gasteiger partial charge in [-0.3, -0.25) is 13.9 Å². The van der Waals surface area contributed by atoms with Crippen molar-refractivity contribution in [1.29, 1.82) is 0 Å². The second-order valence-corrected chi connectivity index (χ2v) is 13.0. The zero-order chi connectivity index (χ0) is 29.0. The Kier molecular flexibility index (Phi) is 9.93. The first-order chi connectivity index (χ1) is 18.2. The van der Waals surface area contributed by atoms with Crippen LogP contribution in [0.3, 0.4) is 0 Å². The Morgan fingerprint density at radius 2 is 1.56 bits per heavy atom. The molecule has 0 bridgehead atoms. The quantitative estimate of drug-likeness (QED) is 0.314. The molecule has 0 aliphatic heterocycles. The van der Waals surface area contributed by atoms with Gasteiger partial charge >= 0.3 is 0 Å². The van der Waals surface area contributed by atoms with E-state index in [1.54, 1.807) is 55.5 Å². The van der Waals surface area contributed by atoms with Crippen LogP contribution in [-0.2, 0) is 26.2 Å². The van der Waals surface area contributed by atoms with E-state index in [9.17, 15) is 18.0 Å². The second-order valence-electron chi connectivity index (χ2n) is 9.96. The summed E-state index contributed by atoms with van der Waals surface area (Å²) in [5.41, 5.74) is 0.160. The maximum atomic E-state index is 13.9. The molecule has 11 heteroatoms. The summed E-state index contributed by atoms with van der Waals surface area (Å²) in [6.07, 6.45) is 0. The minimum Gasteiger partial charge on any atom is -0.350 e. The van der Waals surface area contributed by atoms with Crippen LogP contribution in [0.15, 0.2) is 77.7 Å². The van der Waals surface area contributed by atoms with Gasteiger partial charge in [0.25, 0.3) is 10.0 Å². The monoisotopic (exact) mass is 609 g/mol. The molecule has 0 saturated heterocycles. The Morgan fingerprint density at radius 3 is 2.18 bits per heavy atom. The third kappa shape index (κ3) is 7.88. The smallest absolute Gasteiger partial charge is 0.264 e. The highest BCUT2D eigenvalue weighted by atomic mass is 35.5. The fourth-order valence-corrected chi connectivity index (χ4v) is 5.91. The predicted molar refractivity (Wildman–Crippen MR) is 157 cm³/mol. The summed E-state index contributed by atoms with van der Waals surface area (Å²) >= 11 is 18.8. The van der Waals surface area contributed by atoms with Crippen molar-refractivity contribution in [2.75, 3.05) is 10.8 Å². The number of carbonyl (C=O) groups is 2. The lowest BCUT2D eigenvalue weighted by Gasteiger charge is -2.33. The average molecular weight is 611 g/mol. The first-order valence-corrected chi connectivity index (χ1v) is 14.7. The van der Waals surface area contributed by atoms with Crippen molar-refractivity contribution in [2.45, 2.75) is 50.7 Å². The fourth-order valence-electron chi connectivity index (χ4n) is 3.81. The minimum atomic E-state index is -4.26. The van der Waals surface area contributed by atoms with Gasteiger partial charge in [0, 0.05) is 17.1 Å². The number of sulfonamides is 1. The van der Waals surface area contributed by atoms with Gasteiger partial charge in [-0.15, -0.1) is 0 Å². The maximum Gasteiger partial charge on any atom is 0.264 e. The molecule has 0 aromatic heterocycles. The van der Waals surface area contributed by atoms with Crippen LogP contribution in [0.25, 0.3) is 0 Å². The third-order valence-electron chi connectivity index (χ3n) is 5.72. The molecule has 0 heterocycles. The van der Waals surface area contributed by atoms with Gasteiger partial charge in [-0.05, 0) is 69.7 Å². The first kappa shape index (κ1) is 30.8. The lowest BCUT2D eigenvalue weighted by molar-refractivity contribution is -0.140. The first-order valence-electron chi connectivity index (χ1n) is 12.1. The summed E-state index contributed by atoms with van der Waals surface area (Å²) in [4.78, 5) is 28.4. The molecule has 3 aromatic rings. The molecule has 39 heavy (non-hydrogen) atoms. The highest BCUT2D eigenvalue weighted by Gasteiger charge is 2.34. The van der Waals surface area contributed by atoms with Gasteiger partial charge in [-0.1, -0.05) is 71.2 Å². The van der Waals surface area contributed by atoms with Crippen molar-refractivity contribution in [3.05, 3.63) is 93.4 Å². The highest BCUT2D eigenvalue weighted by Crippen LogP contribution is 2.35. The molecular formula is C28H30Cl3N3O4S. The van der Waals surface area contributed by atoms with E-state index in [1.807, 2.05) is 20.8 Å². The molecule has 0 aliphatic carbocycles. The number of carbonyl (C=O) groups excluding carboxylic acids is 2. The highest BCUT2D eigenvalue weighted by molar-refractivity contribution is 7.92. The molecule has 0 spiro atoms. The normalized spacial score (nSPS) is 12.5. The summed E-state index contributed by atoms with van der Waals surface area (Å²) < 4.78 is 28.5. The molecule has 1 atom stereocenters. The standard InChI is InChI=1S/C28H30Cl3N3O4S/c1-19(27(36)32-28(2,3)4)33(17-20-10-8-11-21(29)16-20)25(35)18-34(24-15-9-14-23(30)26(24)31)39(37,38)22-12-6-5-7-13-22/h5-16,19H,17-18H2,1-4H3,(H,32,36)/t19-/m1/s1. The van der Waals surface area contributed by atoms with Crippen LogP contribution >= 0.6 is 34.8 Å². The van der Waals surface area contributed by atoms with Gasteiger partial charge in [0.2, 0.25) is 11.8 Å². The lowest BCUT2D eigenvalue weighted by Crippen LogP contribution is -2.54. The van der Waals surface area contributed by atoms with Gasteiger partial charge in [0.05, 0.1) is 20.6 Å². The van der Waals surface area contributed by atoms with E-state index >= 15 is 0 Å². The molecule has 0 fully saturated rings. The Morgan fingerprint density at radius 1 is 0.923 bits per heavy atom. The van der Waals surface area contributed by atoms with Gasteiger partial charge in [-0.25, -0.2) is 8.42 Å². The SMILES string of the molecule is C[C@H](C(=O)NC(C)(C)C)N(Cc1cccc(Cl)c1)C(=O)CN(c1cccc(Cl)c1Cl)S(=O)(=O)c1ccccc1. The number of benzene rings is 3. The van der Waals surface area contributed by atoms with Gasteiger partial charge in [-0.2, -0.15) is 0 Å². The van der Waals surface area contributed by atoms with Crippen LogP contribution in [0.5, 0.6) is 0 Å². The zero-order valence-corrected chi connectivity index (χ0v) is 25.1. The third-order valence-corrected chi connectivity index (χ3v) is 8.54. The summed E-state index contributed by atoms with van der Waals surface area (Å²) in [6.45, 7) is 6.46. The van der Waals surface area contributed by atoms with E-state index in [-0.39, 0.29) is 27.2 Å². The minimum absolute atomic E-state index is 0.0145. The lowest BCUT2D eigenvalue weighted by atomic mass is 10.1. The van der Waals surface area contributed by atoms with Crippen molar-refractivity contribution in [3.8, 4) is 0 Å². The van der Waals surface area contributed by atoms with Crippen LogP contribution in [0, 0.1) is 0 Å². The molecule has 2 amide bonds. The number of amides is 2. The van der Waals surface area contributed by atoms with Crippen molar-refractivity contribution < 1.29 is 18.0 Å². The van der Waals surface area contributed by atoms with Gasteiger partial charge < -0.3 is 10.2 Å². The van der Waals surface area contributed by atoms with Crippen LogP contribution in [0.4, 0.5) is 5.69 Å². The van der Waals surface area contributed by atoms with Crippen LogP contribution in [-0.4, -0.2) is 43.3 Å². The van der Waals surface area contributed by atoms with E-state index in [2.05, 4.69) is 5.32 Å². The van der Waals surface area contributed by atoms with Gasteiger partial charge in [0.15, 0.2) is 0 Å². The molecule has 7 nitrogen and oxygen atoms in total. The number of hydrogen-bond donors (Lipinski definition) is 1. The molecule has 0 unspecified atom stereocenters. The largest absolute Gasteiger partial charge is 0.350 e. The number of rotatable bonds is 9. The van der Waals surface area contributed by atoms with Crippen molar-refractivity contribution >= 4 is 62.3 Å². The van der Waals surface area contributed by atoms with Crippen molar-refractivity contribution in [3.63, 3.8) is 0 Å². The average Bonchev–Trinajstić information content (AvgIpc) is 2.86. The predicted octanol–water partition coefficient (Wildman–Crippen LogP) is 6.17. The Labute approximate surface area is 244 Å². The topological polar surface area (TPSA) is 86.8 Å². The zero-order valence-electron chi connectivity index (χ0n) is 22.0. The molecule has 208 valence electrons. The Bertz CT molecular complexity index is 1440. The molecule has 0 saturated carbocycles. The summed E-state index contributed by atoms with van der Waals surface area (Å²) in [5, 5.41) is 3.45. The Balaban J connectivity index is 2.07. The molecule has 3 rings (SSSR count). The summed E-state index contributed by atoms with van der Waals surface area (Å²) in [6, 6.07) is 18.2.